The molecule has 0 aromatic heterocycles. The molecule has 2 rings (SSSR count). The second kappa shape index (κ2) is 10.2. The Morgan fingerprint density at radius 1 is 1.00 bits per heavy atom. The molecule has 144 valence electrons. The van der Waals surface area contributed by atoms with E-state index in [-0.39, 0.29) is 12.5 Å². The van der Waals surface area contributed by atoms with Gasteiger partial charge in [0.15, 0.2) is 0 Å². The number of carbonyl (C=O) groups excluding carboxylic acids is 1. The molecular weight excluding hydrogens is 350 g/mol. The van der Waals surface area contributed by atoms with Gasteiger partial charge in [0.1, 0.15) is 0 Å². The van der Waals surface area contributed by atoms with Crippen LogP contribution in [0.3, 0.4) is 0 Å². The number of nitrogens with zero attached hydrogens (tertiary/aromatic N) is 1. The first-order valence-electron chi connectivity index (χ1n) is 9.55. The first-order chi connectivity index (χ1) is 12.9. The average Bonchev–Trinajstić information content (AvgIpc) is 2.63. The molecule has 2 aromatic carbocycles. The summed E-state index contributed by atoms with van der Waals surface area (Å²) in [4.78, 5) is 14.2. The summed E-state index contributed by atoms with van der Waals surface area (Å²) in [6.07, 6.45) is 0. The van der Waals surface area contributed by atoms with Crippen molar-refractivity contribution in [3.8, 4) is 0 Å². The van der Waals surface area contributed by atoms with Gasteiger partial charge in [0, 0.05) is 13.1 Å². The van der Waals surface area contributed by atoms with Crippen LogP contribution in [0.5, 0.6) is 0 Å². The molecular formula is C23H31NO2Si. The van der Waals surface area contributed by atoms with E-state index >= 15 is 0 Å². The molecule has 0 N–H and O–H groups in total. The quantitative estimate of drug-likeness (QED) is 0.350. The van der Waals surface area contributed by atoms with Crippen LogP contribution in [0.2, 0.25) is 19.1 Å². The maximum Gasteiger partial charge on any atom is 0.320 e. The lowest BCUT2D eigenvalue weighted by atomic mass is 10.2. The van der Waals surface area contributed by atoms with Crippen LogP contribution in [0, 0.1) is 0 Å². The van der Waals surface area contributed by atoms with Crippen molar-refractivity contribution < 1.29 is 9.53 Å². The maximum absolute atomic E-state index is 12.0. The van der Waals surface area contributed by atoms with Crippen LogP contribution in [0.15, 0.2) is 72.8 Å². The van der Waals surface area contributed by atoms with E-state index in [2.05, 4.69) is 67.0 Å². The van der Waals surface area contributed by atoms with Gasteiger partial charge in [0.2, 0.25) is 0 Å². The Morgan fingerprint density at radius 2 is 1.59 bits per heavy atom. The van der Waals surface area contributed by atoms with Gasteiger partial charge < -0.3 is 4.74 Å². The molecule has 0 fully saturated rings. The number of carbonyl (C=O) groups is 1. The molecule has 3 nitrogen and oxygen atoms in total. The summed E-state index contributed by atoms with van der Waals surface area (Å²) in [6.45, 7) is 13.0. The number of benzene rings is 2. The first kappa shape index (κ1) is 21.1. The van der Waals surface area contributed by atoms with Crippen LogP contribution in [-0.4, -0.2) is 38.6 Å². The Kier molecular flexibility index (Phi) is 8.01. The zero-order valence-electron chi connectivity index (χ0n) is 16.8. The number of esters is 1. The summed E-state index contributed by atoms with van der Waals surface area (Å²) in [7, 11) is -1.60. The highest BCUT2D eigenvalue weighted by molar-refractivity contribution is 6.90. The molecule has 4 heteroatoms. The van der Waals surface area contributed by atoms with Crippen molar-refractivity contribution in [1.29, 1.82) is 0 Å². The van der Waals surface area contributed by atoms with Crippen LogP contribution >= 0.6 is 0 Å². The van der Waals surface area contributed by atoms with Gasteiger partial charge in [-0.15, -0.1) is 0 Å². The van der Waals surface area contributed by atoms with Gasteiger partial charge in [-0.05, 0) is 18.5 Å². The third-order valence-electron chi connectivity index (χ3n) is 4.60. The molecule has 0 atom stereocenters. The topological polar surface area (TPSA) is 29.5 Å². The van der Waals surface area contributed by atoms with Crippen LogP contribution in [0.25, 0.3) is 0 Å². The maximum atomic E-state index is 12.0. The van der Waals surface area contributed by atoms with E-state index in [4.69, 9.17) is 4.74 Å². The van der Waals surface area contributed by atoms with Gasteiger partial charge in [-0.1, -0.05) is 91.1 Å². The van der Waals surface area contributed by atoms with Crippen molar-refractivity contribution in [2.24, 2.45) is 0 Å². The fourth-order valence-corrected chi connectivity index (χ4v) is 6.05. The highest BCUT2D eigenvalue weighted by Gasteiger charge is 2.25. The summed E-state index contributed by atoms with van der Waals surface area (Å²) in [5.41, 5.74) is 2.37. The zero-order valence-corrected chi connectivity index (χ0v) is 17.8. The minimum Gasteiger partial charge on any atom is -0.465 e. The van der Waals surface area contributed by atoms with Gasteiger partial charge in [0.25, 0.3) is 0 Å². The highest BCUT2D eigenvalue weighted by Crippen LogP contribution is 2.18. The summed E-state index contributed by atoms with van der Waals surface area (Å²) in [5, 5.41) is 1.44. The van der Waals surface area contributed by atoms with Crippen LogP contribution in [-0.2, 0) is 16.1 Å². The van der Waals surface area contributed by atoms with Gasteiger partial charge in [0.05, 0.1) is 21.2 Å². The summed E-state index contributed by atoms with van der Waals surface area (Å²) < 4.78 is 5.16. The van der Waals surface area contributed by atoms with Crippen molar-refractivity contribution in [3.05, 3.63) is 78.4 Å². The van der Waals surface area contributed by atoms with E-state index in [0.29, 0.717) is 19.7 Å². The number of ether oxygens (including phenoxy) is 1. The van der Waals surface area contributed by atoms with Crippen molar-refractivity contribution in [1.82, 2.24) is 4.90 Å². The molecule has 0 spiro atoms. The van der Waals surface area contributed by atoms with Crippen LogP contribution in [0.1, 0.15) is 12.5 Å². The molecule has 0 saturated heterocycles. The Morgan fingerprint density at radius 3 is 2.19 bits per heavy atom. The molecule has 27 heavy (non-hydrogen) atoms. The van der Waals surface area contributed by atoms with Gasteiger partial charge in [-0.3, -0.25) is 9.69 Å². The number of hydrogen-bond acceptors (Lipinski definition) is 3. The predicted octanol–water partition coefficient (Wildman–Crippen LogP) is 4.22. The highest BCUT2D eigenvalue weighted by atomic mass is 28.3. The van der Waals surface area contributed by atoms with E-state index in [9.17, 15) is 4.79 Å². The monoisotopic (exact) mass is 381 g/mol. The molecule has 0 unspecified atom stereocenters. The Labute approximate surface area is 164 Å². The molecule has 0 radical (unpaired) electrons. The minimum atomic E-state index is -1.60. The molecule has 0 bridgehead atoms. The van der Waals surface area contributed by atoms with Crippen LogP contribution in [0.4, 0.5) is 0 Å². The number of hydrogen-bond donors (Lipinski definition) is 0. The summed E-state index contributed by atoms with van der Waals surface area (Å²) in [6, 6.07) is 22.0. The molecule has 0 saturated carbocycles. The Hall–Kier alpha value is -2.17. The lowest BCUT2D eigenvalue weighted by molar-refractivity contribution is -0.144. The van der Waals surface area contributed by atoms with E-state index in [1.54, 1.807) is 0 Å². The Bertz CT molecular complexity index is 729. The summed E-state index contributed by atoms with van der Waals surface area (Å²) >= 11 is 0. The molecule has 0 amide bonds. The molecule has 0 aliphatic heterocycles. The van der Waals surface area contributed by atoms with Crippen LogP contribution < -0.4 is 5.19 Å². The predicted molar refractivity (Wildman–Crippen MR) is 116 cm³/mol. The van der Waals surface area contributed by atoms with Crippen molar-refractivity contribution in [2.45, 2.75) is 32.6 Å². The lowest BCUT2D eigenvalue weighted by Gasteiger charge is -2.28. The average molecular weight is 382 g/mol. The second-order valence-electron chi connectivity index (χ2n) is 7.61. The normalized spacial score (nSPS) is 11.4. The van der Waals surface area contributed by atoms with E-state index in [1.165, 1.54) is 16.3 Å². The SMILES string of the molecule is C=C(CN(CC(=O)OCC)Cc1ccccc1)C[Si](C)(C)c1ccccc1. The third kappa shape index (κ3) is 7.16. The van der Waals surface area contributed by atoms with Crippen molar-refractivity contribution in [2.75, 3.05) is 19.7 Å². The van der Waals surface area contributed by atoms with Gasteiger partial charge in [-0.2, -0.15) is 0 Å². The van der Waals surface area contributed by atoms with E-state index in [1.807, 2.05) is 25.1 Å². The largest absolute Gasteiger partial charge is 0.465 e. The lowest BCUT2D eigenvalue weighted by Crippen LogP contribution is -2.42. The second-order valence-corrected chi connectivity index (χ2v) is 12.3. The van der Waals surface area contributed by atoms with Crippen molar-refractivity contribution in [3.63, 3.8) is 0 Å². The molecule has 2 aromatic rings. The minimum absolute atomic E-state index is 0.180. The van der Waals surface area contributed by atoms with Gasteiger partial charge in [-0.25, -0.2) is 0 Å². The van der Waals surface area contributed by atoms with Gasteiger partial charge >= 0.3 is 5.97 Å². The van der Waals surface area contributed by atoms with E-state index in [0.717, 1.165) is 6.04 Å². The standard InChI is InChI=1S/C23H31NO2Si/c1-5-26-23(25)18-24(17-21-12-8-6-9-13-21)16-20(2)19-27(3,4)22-14-10-7-11-15-22/h6-15H,2,5,16-19H2,1,3-4H3. The van der Waals surface area contributed by atoms with E-state index < -0.39 is 8.07 Å². The molecule has 0 aliphatic rings. The fraction of sp³-hybridized carbons (Fsp3) is 0.348. The Balaban J connectivity index is 2.04. The number of rotatable bonds is 10. The molecule has 0 heterocycles. The first-order valence-corrected chi connectivity index (χ1v) is 12.8. The third-order valence-corrected chi connectivity index (χ3v) is 7.88. The molecule has 0 aliphatic carbocycles. The zero-order chi connectivity index (χ0) is 19.7. The fourth-order valence-electron chi connectivity index (χ4n) is 3.39. The summed E-state index contributed by atoms with van der Waals surface area (Å²) in [5.74, 6) is -0.180. The smallest absolute Gasteiger partial charge is 0.320 e. The van der Waals surface area contributed by atoms with Crippen molar-refractivity contribution >= 4 is 19.2 Å².